The highest BCUT2D eigenvalue weighted by Crippen LogP contribution is 2.21. The molecule has 1 aromatic carbocycles. The maximum Gasteiger partial charge on any atom is 0.123 e. The zero-order valence-electron chi connectivity index (χ0n) is 10.3. The number of methoxy groups -OCH3 is 1. The van der Waals surface area contributed by atoms with E-state index in [0.717, 1.165) is 44.2 Å². The first-order chi connectivity index (χ1) is 8.33. The first-order valence-electron chi connectivity index (χ1n) is 5.99. The molecule has 4 nitrogen and oxygen atoms in total. The molecule has 1 heterocycles. The Morgan fingerprint density at radius 1 is 1.35 bits per heavy atom. The second-order valence-corrected chi connectivity index (χ2v) is 4.24. The van der Waals surface area contributed by atoms with Crippen LogP contribution in [0.5, 0.6) is 5.75 Å². The van der Waals surface area contributed by atoms with Gasteiger partial charge in [-0.3, -0.25) is 4.90 Å². The molecule has 1 aliphatic rings. The summed E-state index contributed by atoms with van der Waals surface area (Å²) in [6.45, 7) is 5.07. The second-order valence-electron chi connectivity index (χ2n) is 4.24. The molecule has 2 N–H and O–H groups in total. The van der Waals surface area contributed by atoms with Gasteiger partial charge in [-0.05, 0) is 17.7 Å². The van der Waals surface area contributed by atoms with Gasteiger partial charge in [0.15, 0.2) is 0 Å². The average Bonchev–Trinajstić information content (AvgIpc) is 2.40. The van der Waals surface area contributed by atoms with Crippen molar-refractivity contribution < 1.29 is 9.47 Å². The van der Waals surface area contributed by atoms with Crippen LogP contribution in [0.25, 0.3) is 0 Å². The summed E-state index contributed by atoms with van der Waals surface area (Å²) >= 11 is 0. The van der Waals surface area contributed by atoms with E-state index in [1.54, 1.807) is 7.11 Å². The molecular weight excluding hydrogens is 216 g/mol. The molecule has 1 fully saturated rings. The third-order valence-corrected chi connectivity index (χ3v) is 3.08. The zero-order chi connectivity index (χ0) is 12.1. The van der Waals surface area contributed by atoms with Crippen molar-refractivity contribution in [2.24, 2.45) is 5.73 Å². The minimum atomic E-state index is 0.570. The van der Waals surface area contributed by atoms with Gasteiger partial charge in [-0.2, -0.15) is 0 Å². The van der Waals surface area contributed by atoms with Crippen LogP contribution in [0.15, 0.2) is 18.2 Å². The van der Waals surface area contributed by atoms with Crippen molar-refractivity contribution in [1.29, 1.82) is 0 Å². The summed E-state index contributed by atoms with van der Waals surface area (Å²) in [4.78, 5) is 2.38. The van der Waals surface area contributed by atoms with Crippen LogP contribution in [0, 0.1) is 0 Å². The van der Waals surface area contributed by atoms with Gasteiger partial charge in [0.1, 0.15) is 5.75 Å². The molecule has 0 bridgehead atoms. The van der Waals surface area contributed by atoms with Crippen molar-refractivity contribution in [2.75, 3.05) is 33.4 Å². The van der Waals surface area contributed by atoms with Crippen molar-refractivity contribution in [2.45, 2.75) is 13.1 Å². The van der Waals surface area contributed by atoms with E-state index in [-0.39, 0.29) is 0 Å². The Morgan fingerprint density at radius 3 is 2.76 bits per heavy atom. The molecule has 0 atom stereocenters. The van der Waals surface area contributed by atoms with E-state index in [4.69, 9.17) is 15.2 Å². The quantitative estimate of drug-likeness (QED) is 0.847. The number of hydrogen-bond acceptors (Lipinski definition) is 4. The largest absolute Gasteiger partial charge is 0.496 e. The first kappa shape index (κ1) is 12.4. The van der Waals surface area contributed by atoms with Crippen LogP contribution in [0.4, 0.5) is 0 Å². The summed E-state index contributed by atoms with van der Waals surface area (Å²) in [6, 6.07) is 6.15. The summed E-state index contributed by atoms with van der Waals surface area (Å²) in [7, 11) is 1.71. The molecule has 1 aromatic rings. The lowest BCUT2D eigenvalue weighted by atomic mass is 10.1. The molecule has 0 spiro atoms. The lowest BCUT2D eigenvalue weighted by Crippen LogP contribution is -2.35. The Hall–Kier alpha value is -1.10. The SMILES string of the molecule is COc1ccc(CN)cc1CN1CCOCC1. The van der Waals surface area contributed by atoms with Crippen LogP contribution in [0.3, 0.4) is 0 Å². The smallest absolute Gasteiger partial charge is 0.123 e. The minimum Gasteiger partial charge on any atom is -0.496 e. The molecule has 0 unspecified atom stereocenters. The molecule has 1 aliphatic heterocycles. The highest BCUT2D eigenvalue weighted by Gasteiger charge is 2.13. The van der Waals surface area contributed by atoms with Crippen LogP contribution in [0.1, 0.15) is 11.1 Å². The van der Waals surface area contributed by atoms with E-state index in [1.807, 2.05) is 12.1 Å². The number of hydrogen-bond donors (Lipinski definition) is 1. The molecule has 0 aromatic heterocycles. The molecule has 0 saturated carbocycles. The van der Waals surface area contributed by atoms with Gasteiger partial charge >= 0.3 is 0 Å². The van der Waals surface area contributed by atoms with Gasteiger partial charge in [-0.25, -0.2) is 0 Å². The van der Waals surface area contributed by atoms with E-state index in [0.29, 0.717) is 6.54 Å². The van der Waals surface area contributed by atoms with Gasteiger partial charge in [0.2, 0.25) is 0 Å². The fourth-order valence-electron chi connectivity index (χ4n) is 2.08. The maximum absolute atomic E-state index is 5.67. The number of ether oxygens (including phenoxy) is 2. The van der Waals surface area contributed by atoms with E-state index in [1.165, 1.54) is 5.56 Å². The Balaban J connectivity index is 2.11. The third-order valence-electron chi connectivity index (χ3n) is 3.08. The topological polar surface area (TPSA) is 47.7 Å². The fraction of sp³-hybridized carbons (Fsp3) is 0.538. The van der Waals surface area contributed by atoms with E-state index in [9.17, 15) is 0 Å². The Morgan fingerprint density at radius 2 is 2.12 bits per heavy atom. The van der Waals surface area contributed by atoms with Gasteiger partial charge < -0.3 is 15.2 Å². The Bertz CT molecular complexity index is 362. The predicted molar refractivity (Wildman–Crippen MR) is 67.0 cm³/mol. The molecule has 0 aliphatic carbocycles. The third kappa shape index (κ3) is 3.19. The number of nitrogens with zero attached hydrogens (tertiary/aromatic N) is 1. The van der Waals surface area contributed by atoms with Gasteiger partial charge in [0.05, 0.1) is 20.3 Å². The summed E-state index contributed by atoms with van der Waals surface area (Å²) in [5.74, 6) is 0.939. The summed E-state index contributed by atoms with van der Waals surface area (Å²) in [5.41, 5.74) is 8.02. The monoisotopic (exact) mass is 236 g/mol. The number of nitrogens with two attached hydrogens (primary N) is 1. The lowest BCUT2D eigenvalue weighted by Gasteiger charge is -2.27. The molecule has 2 rings (SSSR count). The van der Waals surface area contributed by atoms with Crippen LogP contribution >= 0.6 is 0 Å². The van der Waals surface area contributed by atoms with Gasteiger partial charge in [-0.15, -0.1) is 0 Å². The zero-order valence-corrected chi connectivity index (χ0v) is 10.3. The van der Waals surface area contributed by atoms with Gasteiger partial charge in [0, 0.05) is 31.7 Å². The van der Waals surface area contributed by atoms with Crippen LogP contribution < -0.4 is 10.5 Å². The number of rotatable bonds is 4. The molecule has 0 radical (unpaired) electrons. The van der Waals surface area contributed by atoms with Crippen LogP contribution in [-0.4, -0.2) is 38.3 Å². The normalized spacial score (nSPS) is 17.1. The van der Waals surface area contributed by atoms with Crippen molar-refractivity contribution in [3.05, 3.63) is 29.3 Å². The van der Waals surface area contributed by atoms with Crippen LogP contribution in [0.2, 0.25) is 0 Å². The number of morpholine rings is 1. The average molecular weight is 236 g/mol. The second kappa shape index (κ2) is 6.00. The molecular formula is C13H20N2O2. The molecule has 17 heavy (non-hydrogen) atoms. The number of benzene rings is 1. The lowest BCUT2D eigenvalue weighted by molar-refractivity contribution is 0.0339. The minimum absolute atomic E-state index is 0.570. The summed E-state index contributed by atoms with van der Waals surface area (Å²) in [5, 5.41) is 0. The maximum atomic E-state index is 5.67. The first-order valence-corrected chi connectivity index (χ1v) is 5.99. The van der Waals surface area contributed by atoms with Crippen molar-refractivity contribution in [3.63, 3.8) is 0 Å². The van der Waals surface area contributed by atoms with E-state index < -0.39 is 0 Å². The van der Waals surface area contributed by atoms with E-state index in [2.05, 4.69) is 11.0 Å². The standard InChI is InChI=1S/C13H20N2O2/c1-16-13-3-2-11(9-14)8-12(13)10-15-4-6-17-7-5-15/h2-3,8H,4-7,9-10,14H2,1H3. The van der Waals surface area contributed by atoms with Crippen molar-refractivity contribution in [3.8, 4) is 5.75 Å². The van der Waals surface area contributed by atoms with Gasteiger partial charge in [0.25, 0.3) is 0 Å². The Labute approximate surface area is 102 Å². The van der Waals surface area contributed by atoms with Crippen LogP contribution in [-0.2, 0) is 17.8 Å². The predicted octanol–water partition coefficient (Wildman–Crippen LogP) is 0.986. The van der Waals surface area contributed by atoms with Gasteiger partial charge in [-0.1, -0.05) is 6.07 Å². The fourth-order valence-corrected chi connectivity index (χ4v) is 2.08. The molecule has 94 valence electrons. The van der Waals surface area contributed by atoms with E-state index >= 15 is 0 Å². The molecule has 4 heteroatoms. The summed E-state index contributed by atoms with van der Waals surface area (Å²) in [6.07, 6.45) is 0. The molecule has 0 amide bonds. The van der Waals surface area contributed by atoms with Crippen molar-refractivity contribution in [1.82, 2.24) is 4.90 Å². The Kier molecular flexibility index (Phi) is 4.36. The highest BCUT2D eigenvalue weighted by molar-refractivity contribution is 5.37. The summed E-state index contributed by atoms with van der Waals surface area (Å²) < 4.78 is 10.7. The van der Waals surface area contributed by atoms with Crippen molar-refractivity contribution >= 4 is 0 Å². The molecule has 1 saturated heterocycles. The highest BCUT2D eigenvalue weighted by atomic mass is 16.5.